The number of benzene rings is 1. The molecule has 0 amide bonds. The first-order valence-corrected chi connectivity index (χ1v) is 14.6. The van der Waals surface area contributed by atoms with Crippen LogP contribution in [0, 0.1) is 11.8 Å². The average molecular weight is 487 g/mol. The molecule has 2 saturated carbocycles. The van der Waals surface area contributed by atoms with Gasteiger partial charge in [-0.2, -0.15) is 0 Å². The number of ether oxygens (including phenoxy) is 1. The molecule has 1 aromatic rings. The molecule has 2 aliphatic carbocycles. The summed E-state index contributed by atoms with van der Waals surface area (Å²) >= 11 is 0. The predicted octanol–water partition coefficient (Wildman–Crippen LogP) is 9.00. The molecule has 0 atom stereocenters. The molecule has 0 aromatic heterocycles. The van der Waals surface area contributed by atoms with Gasteiger partial charge in [-0.1, -0.05) is 116 Å². The lowest BCUT2D eigenvalue weighted by atomic mass is 9.96. The molecule has 2 aliphatic rings. The Morgan fingerprint density at radius 1 is 0.800 bits per heavy atom. The van der Waals surface area contributed by atoms with Gasteiger partial charge < -0.3 is 9.84 Å². The van der Waals surface area contributed by atoms with Crippen LogP contribution in [0.15, 0.2) is 18.2 Å². The molecule has 1 N–H and O–H groups in total. The number of unbranched alkanes of at least 4 members (excludes halogenated alkanes) is 10. The van der Waals surface area contributed by atoms with Crippen LogP contribution in [-0.4, -0.2) is 23.7 Å². The summed E-state index contributed by atoms with van der Waals surface area (Å²) in [6.45, 7) is 4.74. The fraction of sp³-hybridized carbons (Fsp3) is 0.742. The average Bonchev–Trinajstić information content (AvgIpc) is 3.52. The van der Waals surface area contributed by atoms with Gasteiger partial charge in [-0.25, -0.2) is 9.59 Å². The molecule has 2 bridgehead atoms. The maximum Gasteiger partial charge on any atom is 0.339 e. The molecule has 198 valence electrons. The summed E-state index contributed by atoms with van der Waals surface area (Å²) < 4.78 is 5.42. The van der Waals surface area contributed by atoms with E-state index in [1.807, 2.05) is 6.07 Å². The Balaban J connectivity index is 0.000000514. The monoisotopic (exact) mass is 486 g/mol. The number of aromatic carboxylic acids is 1. The zero-order valence-corrected chi connectivity index (χ0v) is 22.5. The molecule has 0 unspecified atom stereocenters. The van der Waals surface area contributed by atoms with Crippen molar-refractivity contribution in [2.45, 2.75) is 129 Å². The molecule has 4 nitrogen and oxygen atoms in total. The molecule has 0 radical (unpaired) electrons. The van der Waals surface area contributed by atoms with E-state index in [0.717, 1.165) is 37.7 Å². The minimum atomic E-state index is -1.07. The van der Waals surface area contributed by atoms with Crippen molar-refractivity contribution in [3.63, 3.8) is 0 Å². The van der Waals surface area contributed by atoms with Crippen molar-refractivity contribution >= 4 is 11.9 Å². The lowest BCUT2D eigenvalue weighted by Gasteiger charge is -2.12. The van der Waals surface area contributed by atoms with E-state index in [-0.39, 0.29) is 11.1 Å². The molecule has 1 aromatic carbocycles. The van der Waals surface area contributed by atoms with Crippen LogP contribution in [0.1, 0.15) is 149 Å². The maximum absolute atomic E-state index is 12.6. The predicted molar refractivity (Wildman–Crippen MR) is 144 cm³/mol. The number of hydrogen-bond acceptors (Lipinski definition) is 3. The standard InChI is InChI=1S/C24H38O4.C7H12/c1-3-5-7-9-11-13-16-20-17-15-18-21(23(25)26)22(20)24(27)28-19-14-12-10-8-6-4-2;1-2-7-4-3-6(1)5-7/h15,17-18H,3-14,16,19H2,1-2H3,(H,25,26);6-7H,1-5H2. The molecular formula is C31H50O4. The largest absolute Gasteiger partial charge is 0.478 e. The maximum atomic E-state index is 12.6. The minimum Gasteiger partial charge on any atom is -0.478 e. The second kappa shape index (κ2) is 17.6. The number of carbonyl (C=O) groups is 2. The minimum absolute atomic E-state index is 0.0522. The molecule has 0 saturated heterocycles. The normalized spacial score (nSPS) is 18.2. The van der Waals surface area contributed by atoms with Crippen LogP contribution >= 0.6 is 0 Å². The third kappa shape index (κ3) is 11.2. The third-order valence-corrected chi connectivity index (χ3v) is 7.75. The van der Waals surface area contributed by atoms with Crippen molar-refractivity contribution in [2.75, 3.05) is 6.61 Å². The number of fused-ring (bicyclic) bond motifs is 2. The van der Waals surface area contributed by atoms with E-state index in [1.54, 1.807) is 38.2 Å². The number of aryl methyl sites for hydroxylation is 1. The number of rotatable bonds is 16. The van der Waals surface area contributed by atoms with Crippen LogP contribution < -0.4 is 0 Å². The van der Waals surface area contributed by atoms with Gasteiger partial charge in [0.1, 0.15) is 0 Å². The van der Waals surface area contributed by atoms with Crippen molar-refractivity contribution in [2.24, 2.45) is 11.8 Å². The highest BCUT2D eigenvalue weighted by molar-refractivity contribution is 6.03. The van der Waals surface area contributed by atoms with Gasteiger partial charge in [-0.15, -0.1) is 0 Å². The highest BCUT2D eigenvalue weighted by atomic mass is 16.5. The Bertz CT molecular complexity index is 723. The van der Waals surface area contributed by atoms with Crippen molar-refractivity contribution in [3.05, 3.63) is 34.9 Å². The summed E-state index contributed by atoms with van der Waals surface area (Å²) in [5, 5.41) is 9.49. The van der Waals surface area contributed by atoms with E-state index in [4.69, 9.17) is 4.74 Å². The Kier molecular flexibility index (Phi) is 14.8. The fourth-order valence-corrected chi connectivity index (χ4v) is 5.62. The molecule has 3 rings (SSSR count). The summed E-state index contributed by atoms with van der Waals surface area (Å²) in [4.78, 5) is 24.2. The number of carboxylic acids is 1. The first kappa shape index (κ1) is 29.4. The van der Waals surface area contributed by atoms with E-state index in [2.05, 4.69) is 13.8 Å². The van der Waals surface area contributed by atoms with Gasteiger partial charge in [-0.3, -0.25) is 0 Å². The van der Waals surface area contributed by atoms with Gasteiger partial charge in [0.05, 0.1) is 17.7 Å². The smallest absolute Gasteiger partial charge is 0.339 e. The van der Waals surface area contributed by atoms with Gasteiger partial charge in [0.15, 0.2) is 0 Å². The molecule has 2 fully saturated rings. The highest BCUT2D eigenvalue weighted by Crippen LogP contribution is 2.43. The summed E-state index contributed by atoms with van der Waals surface area (Å²) in [6, 6.07) is 5.08. The Morgan fingerprint density at radius 2 is 1.34 bits per heavy atom. The van der Waals surface area contributed by atoms with Crippen LogP contribution in [0.2, 0.25) is 0 Å². The number of esters is 1. The van der Waals surface area contributed by atoms with E-state index >= 15 is 0 Å². The third-order valence-electron chi connectivity index (χ3n) is 7.75. The number of carbonyl (C=O) groups excluding carboxylic acids is 1. The first-order chi connectivity index (χ1) is 17.1. The second-order valence-electron chi connectivity index (χ2n) is 10.7. The molecule has 35 heavy (non-hydrogen) atoms. The summed E-state index contributed by atoms with van der Waals surface area (Å²) in [5.74, 6) is 0.777. The molecule has 0 heterocycles. The van der Waals surface area contributed by atoms with Gasteiger partial charge in [0.2, 0.25) is 0 Å². The molecular weight excluding hydrogens is 436 g/mol. The first-order valence-electron chi connectivity index (χ1n) is 14.6. The van der Waals surface area contributed by atoms with Crippen molar-refractivity contribution in [3.8, 4) is 0 Å². The van der Waals surface area contributed by atoms with Crippen LogP contribution in [0.5, 0.6) is 0 Å². The zero-order valence-electron chi connectivity index (χ0n) is 22.5. The molecule has 0 aliphatic heterocycles. The topological polar surface area (TPSA) is 63.6 Å². The lowest BCUT2D eigenvalue weighted by Crippen LogP contribution is -2.15. The number of carboxylic acid groups (broad SMARTS) is 1. The SMILES string of the molecule is C1CC2CCC1C2.CCCCCCCCOC(=O)c1c(CCCCCCCC)cccc1C(=O)O. The molecule has 4 heteroatoms. The highest BCUT2D eigenvalue weighted by Gasteiger charge is 2.30. The second-order valence-corrected chi connectivity index (χ2v) is 10.7. The Morgan fingerprint density at radius 3 is 1.86 bits per heavy atom. The van der Waals surface area contributed by atoms with Crippen LogP contribution in [0.3, 0.4) is 0 Å². The van der Waals surface area contributed by atoms with E-state index in [0.29, 0.717) is 13.0 Å². The van der Waals surface area contributed by atoms with Crippen molar-refractivity contribution in [1.29, 1.82) is 0 Å². The van der Waals surface area contributed by atoms with Crippen LogP contribution in [0.4, 0.5) is 0 Å². The van der Waals surface area contributed by atoms with Gasteiger partial charge in [0, 0.05) is 0 Å². The summed E-state index contributed by atoms with van der Waals surface area (Å²) in [5.41, 5.74) is 1.09. The van der Waals surface area contributed by atoms with E-state index in [1.165, 1.54) is 62.8 Å². The van der Waals surface area contributed by atoms with E-state index < -0.39 is 11.9 Å². The van der Waals surface area contributed by atoms with Gasteiger partial charge in [0.25, 0.3) is 0 Å². The zero-order chi connectivity index (χ0) is 25.3. The fourth-order valence-electron chi connectivity index (χ4n) is 5.62. The lowest BCUT2D eigenvalue weighted by molar-refractivity contribution is 0.0486. The van der Waals surface area contributed by atoms with Crippen molar-refractivity contribution < 1.29 is 19.4 Å². The van der Waals surface area contributed by atoms with Gasteiger partial charge in [-0.05, 0) is 49.1 Å². The summed E-state index contributed by atoms with van der Waals surface area (Å²) in [6.07, 6.45) is 22.2. The quantitative estimate of drug-likeness (QED) is 0.187. The summed E-state index contributed by atoms with van der Waals surface area (Å²) in [7, 11) is 0. The molecule has 0 spiro atoms. The van der Waals surface area contributed by atoms with Crippen LogP contribution in [-0.2, 0) is 11.2 Å². The van der Waals surface area contributed by atoms with Crippen molar-refractivity contribution in [1.82, 2.24) is 0 Å². The van der Waals surface area contributed by atoms with Crippen LogP contribution in [0.25, 0.3) is 0 Å². The Hall–Kier alpha value is -1.84. The van der Waals surface area contributed by atoms with E-state index in [9.17, 15) is 14.7 Å². The number of hydrogen-bond donors (Lipinski definition) is 1. The Labute approximate surface area is 214 Å². The van der Waals surface area contributed by atoms with Gasteiger partial charge >= 0.3 is 11.9 Å².